The van der Waals surface area contributed by atoms with E-state index in [0.29, 0.717) is 5.25 Å². The molecule has 102 valence electrons. The third-order valence-corrected chi connectivity index (χ3v) is 5.35. The molecule has 2 unspecified atom stereocenters. The highest BCUT2D eigenvalue weighted by atomic mass is 35.5. The van der Waals surface area contributed by atoms with E-state index in [1.807, 2.05) is 6.92 Å². The Morgan fingerprint density at radius 1 is 1.53 bits per heavy atom. The number of hydrogen-bond donors (Lipinski definition) is 0. The van der Waals surface area contributed by atoms with Crippen LogP contribution in [0, 0.1) is 6.92 Å². The fourth-order valence-corrected chi connectivity index (χ4v) is 4.21. The predicted octanol–water partition coefficient (Wildman–Crippen LogP) is 4.54. The van der Waals surface area contributed by atoms with Gasteiger partial charge >= 0.3 is 0 Å². The van der Waals surface area contributed by atoms with Gasteiger partial charge in [0.15, 0.2) is 0 Å². The summed E-state index contributed by atoms with van der Waals surface area (Å²) >= 11 is 8.41. The first kappa shape index (κ1) is 13.3. The van der Waals surface area contributed by atoms with Gasteiger partial charge in [0.1, 0.15) is 5.82 Å². The van der Waals surface area contributed by atoms with Crippen molar-refractivity contribution in [3.63, 3.8) is 0 Å². The zero-order valence-electron chi connectivity index (χ0n) is 11.4. The van der Waals surface area contributed by atoms with E-state index in [4.69, 9.17) is 16.6 Å². The average Bonchev–Trinajstić information content (AvgIpc) is 2.99. The quantitative estimate of drug-likeness (QED) is 0.774. The minimum atomic E-state index is -0.0433. The van der Waals surface area contributed by atoms with E-state index in [0.717, 1.165) is 17.9 Å². The summed E-state index contributed by atoms with van der Waals surface area (Å²) in [4.78, 5) is 4.78. The van der Waals surface area contributed by atoms with E-state index in [1.54, 1.807) is 0 Å². The monoisotopic (exact) mass is 294 g/mol. The van der Waals surface area contributed by atoms with Crippen LogP contribution in [-0.4, -0.2) is 20.6 Å². The molecule has 0 radical (unpaired) electrons. The molecule has 2 aromatic rings. The van der Waals surface area contributed by atoms with Crippen molar-refractivity contribution in [3.8, 4) is 0 Å². The lowest BCUT2D eigenvalue weighted by atomic mass is 10.2. The summed E-state index contributed by atoms with van der Waals surface area (Å²) in [5, 5.41) is 0.672. The molecule has 2 nitrogen and oxygen atoms in total. The van der Waals surface area contributed by atoms with Crippen molar-refractivity contribution in [3.05, 3.63) is 29.6 Å². The average molecular weight is 295 g/mol. The Labute approximate surface area is 123 Å². The molecule has 0 saturated carbocycles. The molecule has 2 heterocycles. The summed E-state index contributed by atoms with van der Waals surface area (Å²) in [6, 6.07) is 6.39. The molecule has 3 rings (SSSR count). The van der Waals surface area contributed by atoms with Crippen LogP contribution < -0.4 is 0 Å². The second kappa shape index (κ2) is 5.37. The van der Waals surface area contributed by atoms with Crippen molar-refractivity contribution in [1.82, 2.24) is 9.55 Å². The van der Waals surface area contributed by atoms with Gasteiger partial charge in [-0.05, 0) is 44.1 Å². The van der Waals surface area contributed by atoms with Crippen molar-refractivity contribution in [1.29, 1.82) is 0 Å². The molecule has 1 aliphatic heterocycles. The lowest BCUT2D eigenvalue weighted by Crippen LogP contribution is -2.13. The first-order chi connectivity index (χ1) is 9.16. The van der Waals surface area contributed by atoms with Crippen LogP contribution in [0.4, 0.5) is 0 Å². The molecule has 4 heteroatoms. The first-order valence-electron chi connectivity index (χ1n) is 6.88. The number of thioether (sulfide) groups is 1. The van der Waals surface area contributed by atoms with Crippen molar-refractivity contribution in [2.45, 2.75) is 43.9 Å². The van der Waals surface area contributed by atoms with Gasteiger partial charge in [0.05, 0.1) is 16.4 Å². The summed E-state index contributed by atoms with van der Waals surface area (Å²) in [5.41, 5.74) is 3.57. The highest BCUT2D eigenvalue weighted by Gasteiger charge is 2.21. The number of nitrogens with zero attached hydrogens (tertiary/aromatic N) is 2. The van der Waals surface area contributed by atoms with Crippen molar-refractivity contribution in [2.75, 3.05) is 5.75 Å². The smallest absolute Gasteiger partial charge is 0.127 e. The van der Waals surface area contributed by atoms with E-state index < -0.39 is 0 Å². The molecule has 0 bridgehead atoms. The number of benzene rings is 1. The summed E-state index contributed by atoms with van der Waals surface area (Å²) < 4.78 is 2.34. The van der Waals surface area contributed by atoms with E-state index >= 15 is 0 Å². The number of alkyl halides is 1. The van der Waals surface area contributed by atoms with Crippen LogP contribution in [-0.2, 0) is 6.54 Å². The molecule has 1 saturated heterocycles. The number of hydrogen-bond acceptors (Lipinski definition) is 2. The third-order valence-electron chi connectivity index (χ3n) is 3.78. The Morgan fingerprint density at radius 3 is 3.05 bits per heavy atom. The van der Waals surface area contributed by atoms with Crippen LogP contribution in [0.5, 0.6) is 0 Å². The van der Waals surface area contributed by atoms with Gasteiger partial charge < -0.3 is 4.57 Å². The van der Waals surface area contributed by atoms with E-state index in [-0.39, 0.29) is 5.38 Å². The SMILES string of the molecule is Cc1cccc2c1nc(C(C)Cl)n2CC1CCCS1. The fraction of sp³-hybridized carbons (Fsp3) is 0.533. The molecule has 1 aromatic heterocycles. The van der Waals surface area contributed by atoms with E-state index in [9.17, 15) is 0 Å². The van der Waals surface area contributed by atoms with Gasteiger partial charge in [-0.25, -0.2) is 4.98 Å². The molecular formula is C15H19ClN2S. The van der Waals surface area contributed by atoms with Crippen LogP contribution in [0.1, 0.15) is 36.5 Å². The van der Waals surface area contributed by atoms with Crippen molar-refractivity contribution >= 4 is 34.4 Å². The molecule has 1 aromatic carbocycles. The Balaban J connectivity index is 2.08. The fourth-order valence-electron chi connectivity index (χ4n) is 2.79. The van der Waals surface area contributed by atoms with Gasteiger partial charge in [0.25, 0.3) is 0 Å². The molecule has 1 fully saturated rings. The molecule has 2 atom stereocenters. The zero-order valence-corrected chi connectivity index (χ0v) is 13.0. The Kier molecular flexibility index (Phi) is 3.77. The lowest BCUT2D eigenvalue weighted by molar-refractivity contribution is 0.623. The first-order valence-corrected chi connectivity index (χ1v) is 8.36. The second-order valence-corrected chi connectivity index (χ2v) is 7.34. The molecular weight excluding hydrogens is 276 g/mol. The molecule has 0 aliphatic carbocycles. The van der Waals surface area contributed by atoms with Gasteiger partial charge in [-0.1, -0.05) is 12.1 Å². The molecule has 0 N–H and O–H groups in total. The topological polar surface area (TPSA) is 17.8 Å². The van der Waals surface area contributed by atoms with Gasteiger partial charge in [0.2, 0.25) is 0 Å². The van der Waals surface area contributed by atoms with Gasteiger partial charge in [-0.15, -0.1) is 11.6 Å². The molecule has 0 amide bonds. The van der Waals surface area contributed by atoms with Crippen molar-refractivity contribution in [2.24, 2.45) is 0 Å². The van der Waals surface area contributed by atoms with Crippen LogP contribution in [0.15, 0.2) is 18.2 Å². The highest BCUT2D eigenvalue weighted by Crippen LogP contribution is 2.32. The largest absolute Gasteiger partial charge is 0.326 e. The zero-order chi connectivity index (χ0) is 13.4. The van der Waals surface area contributed by atoms with Crippen LogP contribution in [0.25, 0.3) is 11.0 Å². The number of halogens is 1. The maximum Gasteiger partial charge on any atom is 0.127 e. The lowest BCUT2D eigenvalue weighted by Gasteiger charge is -2.14. The van der Waals surface area contributed by atoms with Gasteiger partial charge in [-0.2, -0.15) is 11.8 Å². The number of aromatic nitrogens is 2. The van der Waals surface area contributed by atoms with E-state index in [1.165, 1.54) is 29.7 Å². The summed E-state index contributed by atoms with van der Waals surface area (Å²) in [6.45, 7) is 5.17. The maximum absolute atomic E-state index is 6.33. The van der Waals surface area contributed by atoms with Crippen LogP contribution in [0.3, 0.4) is 0 Å². The number of para-hydroxylation sites is 1. The summed E-state index contributed by atoms with van der Waals surface area (Å²) in [7, 11) is 0. The van der Waals surface area contributed by atoms with E-state index in [2.05, 4.69) is 41.5 Å². The minimum absolute atomic E-state index is 0.0433. The number of rotatable bonds is 3. The Bertz CT molecular complexity index is 585. The van der Waals surface area contributed by atoms with Gasteiger partial charge in [-0.3, -0.25) is 0 Å². The van der Waals surface area contributed by atoms with Crippen molar-refractivity contribution < 1.29 is 0 Å². The Hall–Kier alpha value is -0.670. The third kappa shape index (κ3) is 2.50. The maximum atomic E-state index is 6.33. The molecule has 0 spiro atoms. The molecule has 1 aliphatic rings. The van der Waals surface area contributed by atoms with Gasteiger partial charge in [0, 0.05) is 11.8 Å². The highest BCUT2D eigenvalue weighted by molar-refractivity contribution is 8.00. The Morgan fingerprint density at radius 2 is 2.37 bits per heavy atom. The number of aryl methyl sites for hydroxylation is 1. The second-order valence-electron chi connectivity index (χ2n) is 5.27. The normalized spacial score (nSPS) is 21.1. The summed E-state index contributed by atoms with van der Waals surface area (Å²) in [5.74, 6) is 2.31. The number of imidazole rings is 1. The van der Waals surface area contributed by atoms with Crippen LogP contribution >= 0.6 is 23.4 Å². The molecule has 19 heavy (non-hydrogen) atoms. The number of fused-ring (bicyclic) bond motifs is 1. The summed E-state index contributed by atoms with van der Waals surface area (Å²) in [6.07, 6.45) is 2.65. The standard InChI is InChI=1S/C15H19ClN2S/c1-10-5-3-7-13-14(10)17-15(11(2)16)18(13)9-12-6-4-8-19-12/h3,5,7,11-12H,4,6,8-9H2,1-2H3. The van der Waals surface area contributed by atoms with Crippen LogP contribution in [0.2, 0.25) is 0 Å². The predicted molar refractivity (Wildman–Crippen MR) is 84.2 cm³/mol. The minimum Gasteiger partial charge on any atom is -0.326 e.